The van der Waals surface area contributed by atoms with Crippen LogP contribution >= 0.6 is 11.8 Å². The van der Waals surface area contributed by atoms with Crippen molar-refractivity contribution in [2.45, 2.75) is 25.3 Å². The van der Waals surface area contributed by atoms with Gasteiger partial charge in [0.15, 0.2) is 5.65 Å². The van der Waals surface area contributed by atoms with E-state index in [1.54, 1.807) is 6.92 Å². The fourth-order valence-electron chi connectivity index (χ4n) is 2.86. The maximum absolute atomic E-state index is 12.0. The molecule has 0 atom stereocenters. The van der Waals surface area contributed by atoms with Crippen molar-refractivity contribution in [3.05, 3.63) is 41.5 Å². The molecule has 0 aliphatic heterocycles. The van der Waals surface area contributed by atoms with Gasteiger partial charge in [0.05, 0.1) is 27.4 Å². The second-order valence-electron chi connectivity index (χ2n) is 5.80. The predicted molar refractivity (Wildman–Crippen MR) is 105 cm³/mol. The highest BCUT2D eigenvalue weighted by molar-refractivity contribution is 7.99. The largest absolute Gasteiger partial charge is 0.338 e. The van der Waals surface area contributed by atoms with E-state index in [4.69, 9.17) is 0 Å². The summed E-state index contributed by atoms with van der Waals surface area (Å²) in [5, 5.41) is 15.2. The highest BCUT2D eigenvalue weighted by Crippen LogP contribution is 2.29. The molecular weight excluding hydrogens is 362 g/mol. The lowest BCUT2D eigenvalue weighted by Gasteiger charge is -2.11. The molecule has 0 bridgehead atoms. The summed E-state index contributed by atoms with van der Waals surface area (Å²) >= 11 is 1.31. The van der Waals surface area contributed by atoms with E-state index in [9.17, 15) is 14.9 Å². The second-order valence-corrected chi connectivity index (χ2v) is 6.80. The van der Waals surface area contributed by atoms with Gasteiger partial charge in [-0.3, -0.25) is 14.5 Å². The number of hydrogen-bond donors (Lipinski definition) is 2. The minimum absolute atomic E-state index is 0.0772. The smallest absolute Gasteiger partial charge is 0.321 e. The van der Waals surface area contributed by atoms with Gasteiger partial charge in [0.2, 0.25) is 5.91 Å². The molecule has 1 aromatic carbocycles. The van der Waals surface area contributed by atoms with E-state index in [1.165, 1.54) is 11.8 Å². The van der Waals surface area contributed by atoms with E-state index in [2.05, 4.69) is 21.7 Å². The number of imidazole rings is 1. The first-order valence-corrected chi connectivity index (χ1v) is 9.61. The number of para-hydroxylation sites is 2. The molecule has 0 fully saturated rings. The van der Waals surface area contributed by atoms with Crippen molar-refractivity contribution in [1.29, 1.82) is 5.26 Å². The number of nitrogens with zero attached hydrogens (tertiary/aromatic N) is 3. The molecule has 3 rings (SSSR count). The summed E-state index contributed by atoms with van der Waals surface area (Å²) in [5.41, 5.74) is 3.68. The number of amides is 3. The average Bonchev–Trinajstić information content (AvgIpc) is 3.05. The van der Waals surface area contributed by atoms with Gasteiger partial charge >= 0.3 is 6.03 Å². The van der Waals surface area contributed by atoms with Gasteiger partial charge in [-0.1, -0.05) is 30.8 Å². The topological polar surface area (TPSA) is 99.3 Å². The van der Waals surface area contributed by atoms with Crippen molar-refractivity contribution in [2.24, 2.45) is 0 Å². The Kier molecular flexibility index (Phi) is 5.62. The van der Waals surface area contributed by atoms with E-state index < -0.39 is 6.03 Å². The quantitative estimate of drug-likeness (QED) is 0.662. The lowest BCUT2D eigenvalue weighted by molar-refractivity contribution is -0.117. The Balaban J connectivity index is 2.00. The van der Waals surface area contributed by atoms with Gasteiger partial charge in [0.25, 0.3) is 0 Å². The number of imide groups is 1. The van der Waals surface area contributed by atoms with Crippen LogP contribution in [0.5, 0.6) is 0 Å². The third-order valence-corrected chi connectivity index (χ3v) is 5.06. The fraction of sp³-hybridized carbons (Fsp3) is 0.263. The minimum Gasteiger partial charge on any atom is -0.338 e. The summed E-state index contributed by atoms with van der Waals surface area (Å²) in [6.07, 6.45) is 0.682. The van der Waals surface area contributed by atoms with Crippen molar-refractivity contribution in [3.8, 4) is 6.07 Å². The Bertz CT molecular complexity index is 1070. The summed E-state index contributed by atoms with van der Waals surface area (Å²) in [4.78, 5) is 28.2. The molecule has 7 nitrogen and oxygen atoms in total. The number of thioether (sulfide) groups is 1. The van der Waals surface area contributed by atoms with Crippen molar-refractivity contribution in [2.75, 3.05) is 12.3 Å². The number of carbonyl (C=O) groups is 2. The number of pyridine rings is 1. The van der Waals surface area contributed by atoms with Gasteiger partial charge in [-0.25, -0.2) is 9.78 Å². The van der Waals surface area contributed by atoms with Crippen LogP contribution in [0.3, 0.4) is 0 Å². The molecule has 2 N–H and O–H groups in total. The minimum atomic E-state index is -0.504. The van der Waals surface area contributed by atoms with E-state index in [-0.39, 0.29) is 11.7 Å². The van der Waals surface area contributed by atoms with Crippen molar-refractivity contribution in [1.82, 2.24) is 20.0 Å². The van der Waals surface area contributed by atoms with Crippen LogP contribution in [-0.4, -0.2) is 33.6 Å². The van der Waals surface area contributed by atoms with Gasteiger partial charge in [-0.15, -0.1) is 0 Å². The molecule has 3 aromatic rings. The van der Waals surface area contributed by atoms with E-state index in [1.807, 2.05) is 41.7 Å². The van der Waals surface area contributed by atoms with Gasteiger partial charge in [0.1, 0.15) is 6.07 Å². The molecule has 0 radical (unpaired) electrons. The number of nitriles is 1. The zero-order chi connectivity index (χ0) is 19.4. The SMILES string of the molecule is CCNC(=O)NC(=O)CSc1cc(CC)c(C#N)c2nc3ccccc3n12. The van der Waals surface area contributed by atoms with Gasteiger partial charge in [-0.2, -0.15) is 5.26 Å². The number of benzene rings is 1. The zero-order valence-corrected chi connectivity index (χ0v) is 15.9. The normalized spacial score (nSPS) is 10.7. The van der Waals surface area contributed by atoms with Crippen molar-refractivity contribution in [3.63, 3.8) is 0 Å². The van der Waals surface area contributed by atoms with Crippen LogP contribution in [-0.2, 0) is 11.2 Å². The second kappa shape index (κ2) is 8.10. The molecule has 138 valence electrons. The molecule has 2 heterocycles. The van der Waals surface area contributed by atoms with E-state index in [0.29, 0.717) is 24.2 Å². The number of fused-ring (bicyclic) bond motifs is 3. The highest BCUT2D eigenvalue weighted by atomic mass is 32.2. The summed E-state index contributed by atoms with van der Waals surface area (Å²) in [6, 6.07) is 11.3. The fourth-order valence-corrected chi connectivity index (χ4v) is 3.75. The Morgan fingerprint density at radius 1 is 1.30 bits per heavy atom. The monoisotopic (exact) mass is 381 g/mol. The van der Waals surface area contributed by atoms with Crippen LogP contribution in [0.2, 0.25) is 0 Å². The highest BCUT2D eigenvalue weighted by Gasteiger charge is 2.17. The number of urea groups is 1. The maximum Gasteiger partial charge on any atom is 0.321 e. The number of aryl methyl sites for hydroxylation is 1. The third-order valence-electron chi connectivity index (χ3n) is 4.06. The van der Waals surface area contributed by atoms with Crippen LogP contribution in [0, 0.1) is 11.3 Å². The first kappa shape index (κ1) is 18.7. The maximum atomic E-state index is 12.0. The Labute approximate surface area is 160 Å². The van der Waals surface area contributed by atoms with Crippen LogP contribution < -0.4 is 10.6 Å². The Morgan fingerprint density at radius 3 is 2.78 bits per heavy atom. The summed E-state index contributed by atoms with van der Waals surface area (Å²) in [7, 11) is 0. The van der Waals surface area contributed by atoms with Crippen molar-refractivity contribution < 1.29 is 9.59 Å². The molecule has 0 aliphatic rings. The number of hydrogen-bond acceptors (Lipinski definition) is 5. The lowest BCUT2D eigenvalue weighted by Crippen LogP contribution is -2.40. The van der Waals surface area contributed by atoms with Gasteiger partial charge in [0, 0.05) is 6.54 Å². The number of nitrogens with one attached hydrogen (secondary N) is 2. The molecule has 8 heteroatoms. The zero-order valence-electron chi connectivity index (χ0n) is 15.1. The number of carbonyl (C=O) groups excluding carboxylic acids is 2. The third kappa shape index (κ3) is 3.73. The van der Waals surface area contributed by atoms with Crippen LogP contribution in [0.25, 0.3) is 16.7 Å². The molecule has 3 amide bonds. The average molecular weight is 381 g/mol. The summed E-state index contributed by atoms with van der Waals surface area (Å²) < 4.78 is 1.90. The van der Waals surface area contributed by atoms with E-state index in [0.717, 1.165) is 21.6 Å². The molecule has 2 aromatic heterocycles. The molecule has 0 unspecified atom stereocenters. The molecule has 0 saturated heterocycles. The molecule has 0 spiro atoms. The van der Waals surface area contributed by atoms with Crippen LogP contribution in [0.15, 0.2) is 35.4 Å². The number of aromatic nitrogens is 2. The molecule has 27 heavy (non-hydrogen) atoms. The van der Waals surface area contributed by atoms with Gasteiger partial charge < -0.3 is 5.32 Å². The van der Waals surface area contributed by atoms with E-state index >= 15 is 0 Å². The molecule has 0 saturated carbocycles. The number of rotatable bonds is 5. The van der Waals surface area contributed by atoms with Gasteiger partial charge in [-0.05, 0) is 37.1 Å². The first-order valence-electron chi connectivity index (χ1n) is 8.62. The first-order chi connectivity index (χ1) is 13.1. The van der Waals surface area contributed by atoms with Crippen LogP contribution in [0.4, 0.5) is 4.79 Å². The Hall–Kier alpha value is -3.05. The Morgan fingerprint density at radius 2 is 2.07 bits per heavy atom. The van der Waals surface area contributed by atoms with Crippen LogP contribution in [0.1, 0.15) is 25.0 Å². The lowest BCUT2D eigenvalue weighted by atomic mass is 10.1. The molecule has 0 aliphatic carbocycles. The standard InChI is InChI=1S/C19H19N5O2S/c1-3-12-9-17(27-11-16(25)23-19(26)21-4-2)24-15-8-6-5-7-14(15)22-18(24)13(12)10-20/h5-9H,3-4,11H2,1-2H3,(H2,21,23,25,26). The predicted octanol–water partition coefficient (Wildman–Crippen LogP) is 2.86. The van der Waals surface area contributed by atoms with Crippen molar-refractivity contribution >= 4 is 40.4 Å². The summed E-state index contributed by atoms with van der Waals surface area (Å²) in [6.45, 7) is 4.21. The summed E-state index contributed by atoms with van der Waals surface area (Å²) in [5.74, 6) is -0.306. The molecular formula is C19H19N5O2S.